The summed E-state index contributed by atoms with van der Waals surface area (Å²) in [7, 11) is 0. The number of benzene rings is 2. The van der Waals surface area contributed by atoms with Crippen LogP contribution in [-0.2, 0) is 4.74 Å². The van der Waals surface area contributed by atoms with Gasteiger partial charge in [0.25, 0.3) is 0 Å². The smallest absolute Gasteiger partial charge is 0.338 e. The molecular formula is C24H21BrN2O2. The van der Waals surface area contributed by atoms with E-state index in [-0.39, 0.29) is 5.97 Å². The Morgan fingerprint density at radius 3 is 2.48 bits per heavy atom. The lowest BCUT2D eigenvalue weighted by Crippen LogP contribution is -2.05. The highest BCUT2D eigenvalue weighted by Gasteiger charge is 2.12. The first-order chi connectivity index (χ1) is 13.9. The van der Waals surface area contributed by atoms with Crippen LogP contribution in [0.3, 0.4) is 0 Å². The number of halogens is 1. The first-order valence-corrected chi connectivity index (χ1v) is 10.1. The highest BCUT2D eigenvalue weighted by Crippen LogP contribution is 2.26. The Morgan fingerprint density at radius 1 is 1.14 bits per heavy atom. The van der Waals surface area contributed by atoms with Crippen LogP contribution in [0.5, 0.6) is 0 Å². The monoisotopic (exact) mass is 448 g/mol. The Kier molecular flexibility index (Phi) is 6.36. The number of aryl methyl sites for hydroxylation is 1. The van der Waals surface area contributed by atoms with Gasteiger partial charge in [-0.2, -0.15) is 5.26 Å². The van der Waals surface area contributed by atoms with Crippen molar-refractivity contribution in [3.05, 3.63) is 87.1 Å². The van der Waals surface area contributed by atoms with E-state index >= 15 is 0 Å². The number of carbonyl (C=O) groups excluding carboxylic acids is 1. The molecule has 4 nitrogen and oxygen atoms in total. The van der Waals surface area contributed by atoms with Gasteiger partial charge in [0.05, 0.1) is 23.8 Å². The van der Waals surface area contributed by atoms with Crippen LogP contribution in [0.4, 0.5) is 0 Å². The third-order valence-electron chi connectivity index (χ3n) is 4.66. The maximum absolute atomic E-state index is 11.9. The van der Waals surface area contributed by atoms with E-state index in [2.05, 4.69) is 32.6 Å². The molecule has 29 heavy (non-hydrogen) atoms. The van der Waals surface area contributed by atoms with Crippen LogP contribution < -0.4 is 0 Å². The van der Waals surface area contributed by atoms with Crippen molar-refractivity contribution in [2.45, 2.75) is 20.8 Å². The zero-order valence-electron chi connectivity index (χ0n) is 16.6. The highest BCUT2D eigenvalue weighted by molar-refractivity contribution is 9.10. The van der Waals surface area contributed by atoms with Crippen molar-refractivity contribution >= 4 is 33.5 Å². The average molecular weight is 449 g/mol. The Morgan fingerprint density at radius 2 is 1.86 bits per heavy atom. The number of allylic oxidation sites excluding steroid dienone is 1. The SMILES string of the molecule is CCOC(=O)c1ccc(-n2c(C)cc(/C=C(/C#N)c3cccc(Br)c3)c2C)cc1. The van der Waals surface area contributed by atoms with Gasteiger partial charge in [0.2, 0.25) is 0 Å². The molecule has 0 radical (unpaired) electrons. The van der Waals surface area contributed by atoms with Crippen molar-refractivity contribution in [2.75, 3.05) is 6.61 Å². The Balaban J connectivity index is 1.98. The number of hydrogen-bond donors (Lipinski definition) is 0. The average Bonchev–Trinajstić information content (AvgIpc) is 2.99. The molecule has 0 saturated carbocycles. The van der Waals surface area contributed by atoms with Gasteiger partial charge in [0.15, 0.2) is 0 Å². The molecule has 0 bridgehead atoms. The number of rotatable bonds is 5. The molecule has 1 aromatic heterocycles. The maximum atomic E-state index is 11.9. The van der Waals surface area contributed by atoms with Crippen LogP contribution in [0, 0.1) is 25.2 Å². The Hall–Kier alpha value is -3.10. The molecule has 3 aromatic rings. The molecule has 0 spiro atoms. The quantitative estimate of drug-likeness (QED) is 0.350. The van der Waals surface area contributed by atoms with Crippen molar-refractivity contribution in [1.82, 2.24) is 4.57 Å². The zero-order valence-corrected chi connectivity index (χ0v) is 18.2. The van der Waals surface area contributed by atoms with Crippen molar-refractivity contribution < 1.29 is 9.53 Å². The second kappa shape index (κ2) is 8.93. The van der Waals surface area contributed by atoms with E-state index in [9.17, 15) is 10.1 Å². The number of carbonyl (C=O) groups is 1. The van der Waals surface area contributed by atoms with Crippen molar-refractivity contribution in [1.29, 1.82) is 5.26 Å². The van der Waals surface area contributed by atoms with E-state index in [1.165, 1.54) is 0 Å². The minimum absolute atomic E-state index is 0.323. The number of hydrogen-bond acceptors (Lipinski definition) is 3. The van der Waals surface area contributed by atoms with Gasteiger partial charge in [-0.15, -0.1) is 0 Å². The Labute approximate surface area is 179 Å². The predicted octanol–water partition coefficient (Wildman–Crippen LogP) is 6.10. The highest BCUT2D eigenvalue weighted by atomic mass is 79.9. The fraction of sp³-hybridized carbons (Fsp3) is 0.167. The summed E-state index contributed by atoms with van der Waals surface area (Å²) >= 11 is 3.46. The first-order valence-electron chi connectivity index (χ1n) is 9.28. The minimum atomic E-state index is -0.323. The molecule has 5 heteroatoms. The predicted molar refractivity (Wildman–Crippen MR) is 119 cm³/mol. The molecule has 2 aromatic carbocycles. The van der Waals surface area contributed by atoms with Crippen LogP contribution in [0.1, 0.15) is 39.8 Å². The van der Waals surface area contributed by atoms with E-state index < -0.39 is 0 Å². The molecule has 1 heterocycles. The van der Waals surface area contributed by atoms with Crippen LogP contribution in [0.25, 0.3) is 17.3 Å². The number of nitrogens with zero attached hydrogens (tertiary/aromatic N) is 2. The molecule has 0 atom stereocenters. The molecule has 146 valence electrons. The van der Waals surface area contributed by atoms with Gasteiger partial charge in [0, 0.05) is 21.5 Å². The van der Waals surface area contributed by atoms with Crippen LogP contribution in [0.15, 0.2) is 59.1 Å². The van der Waals surface area contributed by atoms with E-state index in [0.717, 1.165) is 32.7 Å². The number of aromatic nitrogens is 1. The molecule has 0 aliphatic rings. The fourth-order valence-electron chi connectivity index (χ4n) is 3.28. The molecule has 0 aliphatic heterocycles. The lowest BCUT2D eigenvalue weighted by atomic mass is 10.0. The van der Waals surface area contributed by atoms with Crippen molar-refractivity contribution in [2.24, 2.45) is 0 Å². The molecule has 0 amide bonds. The lowest BCUT2D eigenvalue weighted by molar-refractivity contribution is 0.0526. The normalized spacial score (nSPS) is 11.2. The van der Waals surface area contributed by atoms with Gasteiger partial charge in [-0.25, -0.2) is 4.79 Å². The molecular weight excluding hydrogens is 428 g/mol. The van der Waals surface area contributed by atoms with E-state index in [0.29, 0.717) is 17.7 Å². The van der Waals surface area contributed by atoms with Crippen molar-refractivity contribution in [3.63, 3.8) is 0 Å². The minimum Gasteiger partial charge on any atom is -0.462 e. The third kappa shape index (κ3) is 4.49. The van der Waals surface area contributed by atoms with Gasteiger partial charge in [-0.05, 0) is 80.4 Å². The zero-order chi connectivity index (χ0) is 21.0. The van der Waals surface area contributed by atoms with E-state index in [4.69, 9.17) is 4.74 Å². The lowest BCUT2D eigenvalue weighted by Gasteiger charge is -2.10. The van der Waals surface area contributed by atoms with E-state index in [1.54, 1.807) is 19.1 Å². The maximum Gasteiger partial charge on any atom is 0.338 e. The van der Waals surface area contributed by atoms with Gasteiger partial charge in [-0.3, -0.25) is 0 Å². The van der Waals surface area contributed by atoms with Crippen LogP contribution in [-0.4, -0.2) is 17.1 Å². The summed E-state index contributed by atoms with van der Waals surface area (Å²) in [6.45, 7) is 6.19. The summed E-state index contributed by atoms with van der Waals surface area (Å²) in [6, 6.07) is 19.4. The topological polar surface area (TPSA) is 55.0 Å². The summed E-state index contributed by atoms with van der Waals surface area (Å²) in [5.41, 5.74) is 6.00. The summed E-state index contributed by atoms with van der Waals surface area (Å²) in [5, 5.41) is 9.66. The number of nitriles is 1. The van der Waals surface area contributed by atoms with Gasteiger partial charge < -0.3 is 9.30 Å². The van der Waals surface area contributed by atoms with Gasteiger partial charge in [0.1, 0.15) is 0 Å². The summed E-state index contributed by atoms with van der Waals surface area (Å²) in [6.07, 6.45) is 1.91. The fourth-order valence-corrected chi connectivity index (χ4v) is 3.68. The molecule has 0 fully saturated rings. The molecule has 0 unspecified atom stereocenters. The van der Waals surface area contributed by atoms with Gasteiger partial charge >= 0.3 is 5.97 Å². The second-order valence-corrected chi connectivity index (χ2v) is 7.53. The summed E-state index contributed by atoms with van der Waals surface area (Å²) in [4.78, 5) is 11.9. The van der Waals surface area contributed by atoms with Crippen LogP contribution >= 0.6 is 15.9 Å². The standard InChI is InChI=1S/C24H21BrN2O2/c1-4-29-24(28)18-8-10-23(11-9-18)27-16(2)12-20(17(27)3)13-21(15-26)19-6-5-7-22(25)14-19/h5-14H,4H2,1-3H3/b21-13-. The molecule has 0 N–H and O–H groups in total. The van der Waals surface area contributed by atoms with Gasteiger partial charge in [-0.1, -0.05) is 28.1 Å². The molecule has 3 rings (SSSR count). The largest absolute Gasteiger partial charge is 0.462 e. The van der Waals surface area contributed by atoms with Crippen molar-refractivity contribution in [3.8, 4) is 11.8 Å². The molecule has 0 aliphatic carbocycles. The summed E-state index contributed by atoms with van der Waals surface area (Å²) in [5.74, 6) is -0.323. The van der Waals surface area contributed by atoms with Crippen LogP contribution in [0.2, 0.25) is 0 Å². The summed E-state index contributed by atoms with van der Waals surface area (Å²) < 4.78 is 8.09. The number of ether oxygens (including phenoxy) is 1. The second-order valence-electron chi connectivity index (χ2n) is 6.61. The van der Waals surface area contributed by atoms with E-state index in [1.807, 2.05) is 56.3 Å². The Bertz CT molecular complexity index is 1120. The molecule has 0 saturated heterocycles. The first kappa shape index (κ1) is 20.6. The third-order valence-corrected chi connectivity index (χ3v) is 5.16. The number of esters is 1.